The fourth-order valence-electron chi connectivity index (χ4n) is 14.8. The fourth-order valence-corrected chi connectivity index (χ4v) is 326. The average molecular weight is 962 g/mol. The molecule has 1 fully saturated rings. The molecule has 0 bridgehead atoms. The fraction of sp³-hybridized carbons (Fsp3) is 0.143. The second kappa shape index (κ2) is 16.7. The van der Waals surface area contributed by atoms with Crippen LogP contribution < -0.4 is 41.5 Å². The van der Waals surface area contributed by atoms with Gasteiger partial charge >= 0.3 is 0 Å². The Morgan fingerprint density at radius 1 is 0.141 bits per heavy atom. The van der Waals surface area contributed by atoms with E-state index in [2.05, 4.69) is 295 Å². The average Bonchev–Trinajstić information content (AvgIpc) is 3.38. The lowest BCUT2D eigenvalue weighted by Gasteiger charge is -2.76. The summed E-state index contributed by atoms with van der Waals surface area (Å²) in [5, 5.41) is 13.6. The van der Waals surface area contributed by atoms with Crippen LogP contribution in [0.15, 0.2) is 243 Å². The minimum Gasteiger partial charge on any atom is -0.0688 e. The molecule has 8 aromatic rings. The van der Waals surface area contributed by atoms with Gasteiger partial charge in [0.1, 0.15) is 0 Å². The Morgan fingerprint density at radius 2 is 0.219 bits per heavy atom. The van der Waals surface area contributed by atoms with Crippen LogP contribution in [0.4, 0.5) is 0 Å². The van der Waals surface area contributed by atoms with E-state index in [1.165, 1.54) is 0 Å². The monoisotopic (exact) mass is 960 g/mol. The number of benzene rings is 8. The van der Waals surface area contributed by atoms with Crippen LogP contribution in [0, 0.1) is 0 Å². The summed E-state index contributed by atoms with van der Waals surface area (Å²) in [4.78, 5) is 0. The van der Waals surface area contributed by atoms with Crippen LogP contribution in [0.1, 0.15) is 0 Å². The molecule has 0 nitrogen and oxygen atoms in total. The van der Waals surface area contributed by atoms with Crippen molar-refractivity contribution in [2.75, 3.05) is 0 Å². The van der Waals surface area contributed by atoms with Crippen LogP contribution in [-0.2, 0) is 0 Å². The number of hydrogen-bond acceptors (Lipinski definition) is 0. The van der Waals surface area contributed by atoms with Crippen LogP contribution in [0.3, 0.4) is 0 Å². The summed E-state index contributed by atoms with van der Waals surface area (Å²) in [7, 11) is -22.7. The molecule has 1 saturated heterocycles. The molecule has 0 N–H and O–H groups in total. The molecule has 64 heavy (non-hydrogen) atoms. The van der Waals surface area contributed by atoms with Gasteiger partial charge in [0, 0.05) is 0 Å². The molecule has 320 valence electrons. The second-order valence-electron chi connectivity index (χ2n) is 19.9. The molecule has 9 rings (SSSR count). The van der Waals surface area contributed by atoms with Gasteiger partial charge in [-0.25, -0.2) is 0 Å². The molecule has 0 aliphatic carbocycles. The van der Waals surface area contributed by atoms with E-state index in [9.17, 15) is 0 Å². The lowest BCUT2D eigenvalue weighted by molar-refractivity contribution is 1.68. The van der Waals surface area contributed by atoms with Gasteiger partial charge in [0.2, 0.25) is 0 Å². The van der Waals surface area contributed by atoms with Crippen LogP contribution in [0.2, 0.25) is 52.4 Å². The van der Waals surface area contributed by atoms with Crippen molar-refractivity contribution >= 4 is 98.4 Å². The summed E-state index contributed by atoms with van der Waals surface area (Å²) in [5.74, 6) is 0. The highest BCUT2D eigenvalue weighted by Crippen LogP contribution is 2.52. The van der Waals surface area contributed by atoms with Gasteiger partial charge < -0.3 is 0 Å². The third-order valence-electron chi connectivity index (χ3n) is 18.8. The molecule has 0 radical (unpaired) electrons. The molecule has 1 heterocycles. The van der Waals surface area contributed by atoms with Crippen molar-refractivity contribution < 1.29 is 0 Å². The third kappa shape index (κ3) is 5.70. The van der Waals surface area contributed by atoms with Crippen molar-refractivity contribution in [3.8, 4) is 0 Å². The van der Waals surface area contributed by atoms with Gasteiger partial charge in [-0.1, -0.05) is 337 Å². The summed E-state index contributed by atoms with van der Waals surface area (Å²) < 4.78 is 0. The first kappa shape index (κ1) is 44.7. The van der Waals surface area contributed by atoms with Gasteiger partial charge in [0.15, 0.2) is 0 Å². The van der Waals surface area contributed by atoms with Crippen molar-refractivity contribution in [3.63, 3.8) is 0 Å². The Morgan fingerprint density at radius 3 is 0.297 bits per heavy atom. The van der Waals surface area contributed by atoms with Crippen molar-refractivity contribution in [1.29, 1.82) is 0 Å². The van der Waals surface area contributed by atoms with Crippen molar-refractivity contribution in [3.05, 3.63) is 243 Å². The predicted molar refractivity (Wildman–Crippen MR) is 302 cm³/mol. The third-order valence-corrected chi connectivity index (χ3v) is 199. The van der Waals surface area contributed by atoms with Gasteiger partial charge in [-0.2, -0.15) is 0 Å². The highest BCUT2D eigenvalue weighted by molar-refractivity contribution is 8.21. The zero-order valence-electron chi connectivity index (χ0n) is 39.1. The molecule has 0 amide bonds. The first-order valence-corrected chi connectivity index (χ1v) is 51.3. The van der Waals surface area contributed by atoms with Crippen LogP contribution in [0.5, 0.6) is 0 Å². The van der Waals surface area contributed by atoms with Crippen LogP contribution in [-0.4, -0.2) is 56.9 Å². The van der Waals surface area contributed by atoms with E-state index in [1.807, 2.05) is 0 Å². The van der Waals surface area contributed by atoms with E-state index in [1.54, 1.807) is 41.5 Å². The molecule has 1 aliphatic heterocycles. The summed E-state index contributed by atoms with van der Waals surface area (Å²) in [6, 6.07) is 99.5. The van der Waals surface area contributed by atoms with Gasteiger partial charge in [-0.05, 0) is 0 Å². The standard InChI is InChI=1S/C56H64Si8/c1-57(49-33-17-9-18-34-49)58(2,50-35-19-10-20-36-50)60(4,52-39-23-12-24-40-52)62(6,54-43-27-14-28-44-54)64(8,56-47-31-16-32-48-56)63(7,55-45-29-15-30-46-55)61(5,53-41-25-13-26-42-53)59(57,3)51-37-21-11-22-38-51/h9-48H,1-8H3. The number of hydrogen-bond donors (Lipinski definition) is 0. The van der Waals surface area contributed by atoms with Crippen molar-refractivity contribution in [1.82, 2.24) is 0 Å². The van der Waals surface area contributed by atoms with Crippen molar-refractivity contribution in [2.24, 2.45) is 0 Å². The van der Waals surface area contributed by atoms with Crippen LogP contribution >= 0.6 is 0 Å². The Hall–Kier alpha value is -4.50. The highest BCUT2D eigenvalue weighted by Gasteiger charge is 2.86. The summed E-state index contributed by atoms with van der Waals surface area (Å²) in [6.45, 7) is 24.4. The largest absolute Gasteiger partial charge is 0.0773 e. The highest BCUT2D eigenvalue weighted by atomic mass is 30.2. The Labute approximate surface area is 390 Å². The minimum absolute atomic E-state index is 1.70. The van der Waals surface area contributed by atoms with E-state index in [0.717, 1.165) is 0 Å². The van der Waals surface area contributed by atoms with E-state index in [0.29, 0.717) is 0 Å². The first-order valence-electron chi connectivity index (χ1n) is 23.3. The Balaban J connectivity index is 1.71. The quantitative estimate of drug-likeness (QED) is 0.134. The molecule has 0 aromatic heterocycles. The maximum Gasteiger partial charge on any atom is 0.0773 e. The maximum absolute atomic E-state index is 3.05. The zero-order chi connectivity index (χ0) is 44.9. The minimum atomic E-state index is -2.83. The maximum atomic E-state index is 3.05. The lowest BCUT2D eigenvalue weighted by Crippen LogP contribution is -3.14. The molecular weight excluding hydrogens is 897 g/mol. The smallest absolute Gasteiger partial charge is 0.0688 e. The first-order chi connectivity index (χ1) is 30.8. The molecular formula is C56H64Si8. The Bertz CT molecular complexity index is 2200. The van der Waals surface area contributed by atoms with Gasteiger partial charge in [-0.3, -0.25) is 0 Å². The van der Waals surface area contributed by atoms with E-state index in [-0.39, 0.29) is 0 Å². The lowest BCUT2D eigenvalue weighted by atomic mass is 10.4. The molecule has 0 unspecified atom stereocenters. The topological polar surface area (TPSA) is 0 Å². The summed E-state index contributed by atoms with van der Waals surface area (Å²) >= 11 is 0. The van der Waals surface area contributed by atoms with E-state index >= 15 is 0 Å². The number of rotatable bonds is 8. The zero-order valence-corrected chi connectivity index (χ0v) is 47.1. The predicted octanol–water partition coefficient (Wildman–Crippen LogP) is 8.51. The van der Waals surface area contributed by atoms with Gasteiger partial charge in [0.25, 0.3) is 0 Å². The van der Waals surface area contributed by atoms with E-state index in [4.69, 9.17) is 0 Å². The molecule has 8 heteroatoms. The molecule has 0 spiro atoms. The van der Waals surface area contributed by atoms with Crippen LogP contribution in [0.25, 0.3) is 0 Å². The molecule has 0 saturated carbocycles. The SMILES string of the molecule is C[Si]1(c2ccccc2)[Si](C)(c2ccccc2)[Si](C)(c2ccccc2)[Si](C)(c2ccccc2)[Si](C)(c2ccccc2)[Si](C)(c2ccccc2)[Si](C)(c2ccccc2)[Si]1(C)c1ccccc1. The molecule has 8 aromatic carbocycles. The summed E-state index contributed by atoms with van der Waals surface area (Å²) in [6.07, 6.45) is 0. The van der Waals surface area contributed by atoms with E-state index < -0.39 is 56.9 Å². The molecule has 0 atom stereocenters. The normalized spacial score (nSPS) is 31.6. The molecule has 1 aliphatic rings. The van der Waals surface area contributed by atoms with Gasteiger partial charge in [-0.15, -0.1) is 0 Å². The summed E-state index contributed by atoms with van der Waals surface area (Å²) in [5.41, 5.74) is 0. The van der Waals surface area contributed by atoms with Gasteiger partial charge in [0.05, 0.1) is 56.9 Å². The second-order valence-corrected chi connectivity index (χ2v) is 103. The van der Waals surface area contributed by atoms with Crippen molar-refractivity contribution in [2.45, 2.75) is 52.4 Å². The Kier molecular flexibility index (Phi) is 11.7.